The summed E-state index contributed by atoms with van der Waals surface area (Å²) in [5.41, 5.74) is 4.92. The van der Waals surface area contributed by atoms with Crippen molar-refractivity contribution in [3.63, 3.8) is 0 Å². The van der Waals surface area contributed by atoms with Crippen LogP contribution in [0, 0.1) is 0 Å². The zero-order valence-corrected chi connectivity index (χ0v) is 12.8. The van der Waals surface area contributed by atoms with Gasteiger partial charge in [0, 0.05) is 29.1 Å². The third-order valence-electron chi connectivity index (χ3n) is 3.39. The Morgan fingerprint density at radius 2 is 2.09 bits per heavy atom. The fraction of sp³-hybridized carbons (Fsp3) is 0.0588. The van der Waals surface area contributed by atoms with Crippen LogP contribution in [0.5, 0.6) is 0 Å². The molecule has 0 saturated heterocycles. The number of aromatic amines is 1. The quantitative estimate of drug-likeness (QED) is 0.300. The van der Waals surface area contributed by atoms with Crippen molar-refractivity contribution in [2.45, 2.75) is 0 Å². The molecule has 4 nitrogen and oxygen atoms in total. The number of fused-ring (bicyclic) bond motifs is 3. The number of benzene rings is 2. The minimum Gasteiger partial charge on any atom is -0.360 e. The Morgan fingerprint density at radius 1 is 1.23 bits per heavy atom. The molecule has 0 radical (unpaired) electrons. The van der Waals surface area contributed by atoms with E-state index in [1.165, 1.54) is 10.8 Å². The molecule has 1 heterocycles. The van der Waals surface area contributed by atoms with Gasteiger partial charge in [-0.25, -0.2) is 0 Å². The number of aromatic nitrogens is 1. The summed E-state index contributed by atoms with van der Waals surface area (Å²) in [6.45, 7) is 4.23. The summed E-state index contributed by atoms with van der Waals surface area (Å²) < 4.78 is 0. The van der Waals surface area contributed by atoms with E-state index in [1.807, 2.05) is 18.3 Å². The van der Waals surface area contributed by atoms with E-state index in [0.717, 1.165) is 16.5 Å². The molecule has 0 saturated carbocycles. The van der Waals surface area contributed by atoms with Gasteiger partial charge >= 0.3 is 0 Å². The average molecular weight is 308 g/mol. The topological polar surface area (TPSA) is 52.2 Å². The van der Waals surface area contributed by atoms with Gasteiger partial charge in [0.15, 0.2) is 5.11 Å². The van der Waals surface area contributed by atoms with Gasteiger partial charge in [-0.1, -0.05) is 42.5 Å². The highest BCUT2D eigenvalue weighted by atomic mass is 32.1. The lowest BCUT2D eigenvalue weighted by atomic mass is 10.1. The zero-order chi connectivity index (χ0) is 15.4. The van der Waals surface area contributed by atoms with E-state index in [4.69, 9.17) is 12.2 Å². The van der Waals surface area contributed by atoms with E-state index in [1.54, 1.807) is 12.3 Å². The van der Waals surface area contributed by atoms with Gasteiger partial charge in [0.25, 0.3) is 0 Å². The maximum absolute atomic E-state index is 5.08. The first-order valence-corrected chi connectivity index (χ1v) is 7.37. The van der Waals surface area contributed by atoms with E-state index < -0.39 is 0 Å². The second kappa shape index (κ2) is 6.41. The number of H-pyrrole nitrogens is 1. The van der Waals surface area contributed by atoms with Gasteiger partial charge in [0.05, 0.1) is 11.7 Å². The van der Waals surface area contributed by atoms with E-state index in [0.29, 0.717) is 11.7 Å². The molecule has 0 aliphatic carbocycles. The highest BCUT2D eigenvalue weighted by Gasteiger charge is 2.05. The molecule has 0 aliphatic heterocycles. The molecule has 3 N–H and O–H groups in total. The van der Waals surface area contributed by atoms with Crippen LogP contribution in [0.1, 0.15) is 5.56 Å². The number of hydrazone groups is 1. The molecule has 110 valence electrons. The number of rotatable bonds is 4. The van der Waals surface area contributed by atoms with Gasteiger partial charge in [0.2, 0.25) is 0 Å². The molecule has 5 heteroatoms. The summed E-state index contributed by atoms with van der Waals surface area (Å²) in [6, 6.07) is 12.5. The molecule has 22 heavy (non-hydrogen) atoms. The highest BCUT2D eigenvalue weighted by Crippen LogP contribution is 2.25. The molecule has 1 aromatic heterocycles. The first-order valence-electron chi connectivity index (χ1n) is 6.96. The average Bonchev–Trinajstić information content (AvgIpc) is 2.96. The van der Waals surface area contributed by atoms with Crippen molar-refractivity contribution in [3.8, 4) is 0 Å². The monoisotopic (exact) mass is 308 g/mol. The lowest BCUT2D eigenvalue weighted by molar-refractivity contribution is 0.942. The van der Waals surface area contributed by atoms with Crippen LogP contribution in [0.4, 0.5) is 0 Å². The molecule has 3 rings (SSSR count). The van der Waals surface area contributed by atoms with Gasteiger partial charge in [-0.3, -0.25) is 5.43 Å². The van der Waals surface area contributed by atoms with Crippen LogP contribution in [-0.2, 0) is 0 Å². The smallest absolute Gasteiger partial charge is 0.187 e. The molecule has 3 aromatic rings. The summed E-state index contributed by atoms with van der Waals surface area (Å²) in [5.74, 6) is 0. The van der Waals surface area contributed by atoms with Crippen LogP contribution in [0.2, 0.25) is 0 Å². The Kier molecular flexibility index (Phi) is 4.16. The van der Waals surface area contributed by atoms with Gasteiger partial charge in [-0.2, -0.15) is 5.10 Å². The third-order valence-corrected chi connectivity index (χ3v) is 3.62. The first kappa shape index (κ1) is 14.3. The maximum atomic E-state index is 5.08. The second-order valence-corrected chi connectivity index (χ2v) is 5.23. The molecule has 0 aliphatic rings. The lowest BCUT2D eigenvalue weighted by Crippen LogP contribution is -2.31. The maximum Gasteiger partial charge on any atom is 0.187 e. The molecule has 0 fully saturated rings. The predicted molar refractivity (Wildman–Crippen MR) is 97.3 cm³/mol. The Morgan fingerprint density at radius 3 is 2.95 bits per heavy atom. The molecular weight excluding hydrogens is 292 g/mol. The first-order chi connectivity index (χ1) is 10.8. The van der Waals surface area contributed by atoms with Crippen LogP contribution < -0.4 is 10.7 Å². The van der Waals surface area contributed by atoms with Crippen LogP contribution >= 0.6 is 12.2 Å². The Hall–Kier alpha value is -2.66. The summed E-state index contributed by atoms with van der Waals surface area (Å²) in [5, 5.41) is 11.1. The van der Waals surface area contributed by atoms with Gasteiger partial charge in [0.1, 0.15) is 0 Å². The van der Waals surface area contributed by atoms with Crippen molar-refractivity contribution in [3.05, 3.63) is 60.8 Å². The van der Waals surface area contributed by atoms with Crippen molar-refractivity contribution < 1.29 is 0 Å². The van der Waals surface area contributed by atoms with Gasteiger partial charge in [-0.05, 0) is 17.6 Å². The standard InChI is InChI=1S/C17H16N4S/c1-2-9-18-17(22)21-20-11-13-10-19-16-14-6-4-3-5-12(14)7-8-15(13)16/h2-8,10-11,19H,1,9H2,(H2,18,21,22)/b20-11+. The molecule has 2 aromatic carbocycles. The fourth-order valence-corrected chi connectivity index (χ4v) is 2.50. The van der Waals surface area contributed by atoms with E-state index in [2.05, 4.69) is 51.7 Å². The number of nitrogens with one attached hydrogen (secondary N) is 3. The van der Waals surface area contributed by atoms with Crippen molar-refractivity contribution in [1.29, 1.82) is 0 Å². The van der Waals surface area contributed by atoms with E-state index in [9.17, 15) is 0 Å². The zero-order valence-electron chi connectivity index (χ0n) is 12.0. The molecule has 0 unspecified atom stereocenters. The highest BCUT2D eigenvalue weighted by molar-refractivity contribution is 7.80. The fourth-order valence-electron chi connectivity index (χ4n) is 2.37. The van der Waals surface area contributed by atoms with Gasteiger partial charge in [-0.15, -0.1) is 6.58 Å². The van der Waals surface area contributed by atoms with Crippen molar-refractivity contribution in [2.24, 2.45) is 5.10 Å². The predicted octanol–water partition coefficient (Wildman–Crippen LogP) is 3.31. The summed E-state index contributed by atoms with van der Waals surface area (Å²) >= 11 is 5.08. The molecule has 0 spiro atoms. The van der Waals surface area contributed by atoms with E-state index >= 15 is 0 Å². The number of nitrogens with zero attached hydrogens (tertiary/aromatic N) is 1. The molecular formula is C17H16N4S. The van der Waals surface area contributed by atoms with Crippen molar-refractivity contribution in [1.82, 2.24) is 15.7 Å². The van der Waals surface area contributed by atoms with Crippen molar-refractivity contribution >= 4 is 45.2 Å². The summed E-state index contributed by atoms with van der Waals surface area (Å²) in [4.78, 5) is 3.32. The molecule has 0 bridgehead atoms. The second-order valence-electron chi connectivity index (χ2n) is 4.82. The normalized spacial score (nSPS) is 11.1. The van der Waals surface area contributed by atoms with Crippen LogP contribution in [0.3, 0.4) is 0 Å². The van der Waals surface area contributed by atoms with Crippen LogP contribution in [-0.4, -0.2) is 22.9 Å². The molecule has 0 amide bonds. The lowest BCUT2D eigenvalue weighted by Gasteiger charge is -2.03. The number of hydrogen-bond donors (Lipinski definition) is 3. The minimum atomic E-state index is 0.474. The van der Waals surface area contributed by atoms with Gasteiger partial charge < -0.3 is 10.3 Å². The Labute approximate surface area is 133 Å². The number of thiocarbonyl (C=S) groups is 1. The van der Waals surface area contributed by atoms with E-state index in [-0.39, 0.29) is 0 Å². The molecule has 0 atom stereocenters. The summed E-state index contributed by atoms with van der Waals surface area (Å²) in [7, 11) is 0. The van der Waals surface area contributed by atoms with Crippen molar-refractivity contribution in [2.75, 3.05) is 6.54 Å². The van der Waals surface area contributed by atoms with Crippen LogP contribution in [0.15, 0.2) is 60.4 Å². The Balaban J connectivity index is 1.84. The summed E-state index contributed by atoms with van der Waals surface area (Å²) in [6.07, 6.45) is 5.44. The third kappa shape index (κ3) is 2.84. The SMILES string of the molecule is C=CCNC(=S)N/N=C/c1c[nH]c2c1ccc1ccccc12. The van der Waals surface area contributed by atoms with Crippen LogP contribution in [0.25, 0.3) is 21.7 Å². The largest absolute Gasteiger partial charge is 0.360 e. The minimum absolute atomic E-state index is 0.474. The Bertz CT molecular complexity index is 863. The number of hydrogen-bond acceptors (Lipinski definition) is 2.